The molecule has 0 aliphatic heterocycles. The second kappa shape index (κ2) is 6.24. The first kappa shape index (κ1) is 14.8. The van der Waals surface area contributed by atoms with Gasteiger partial charge in [0.2, 0.25) is 0 Å². The molecule has 0 unspecified atom stereocenters. The molecule has 3 nitrogen and oxygen atoms in total. The molecular formula is C14H10BrClFNO2. The van der Waals surface area contributed by atoms with E-state index in [4.69, 9.17) is 22.1 Å². The number of carbonyl (C=O) groups is 1. The Morgan fingerprint density at radius 3 is 2.75 bits per heavy atom. The molecule has 2 aromatic rings. The second-order valence-electron chi connectivity index (χ2n) is 4.02. The third-order valence-corrected chi connectivity index (χ3v) is 3.43. The van der Waals surface area contributed by atoms with Gasteiger partial charge in [-0.15, -0.1) is 0 Å². The fourth-order valence-corrected chi connectivity index (χ4v) is 2.20. The highest BCUT2D eigenvalue weighted by atomic mass is 79.9. The Labute approximate surface area is 128 Å². The summed E-state index contributed by atoms with van der Waals surface area (Å²) in [7, 11) is 0. The van der Waals surface area contributed by atoms with Gasteiger partial charge in [0.1, 0.15) is 18.0 Å². The standard InChI is InChI=1S/C14H10BrClFNO2/c15-9-5-4-8(11(17)6-9)7-20-14(19)13-10(16)2-1-3-12(13)18/h1-6H,7,18H2. The maximum atomic E-state index is 13.6. The molecule has 0 aliphatic rings. The van der Waals surface area contributed by atoms with Crippen molar-refractivity contribution in [2.45, 2.75) is 6.61 Å². The highest BCUT2D eigenvalue weighted by Crippen LogP contribution is 2.23. The third-order valence-electron chi connectivity index (χ3n) is 2.62. The molecule has 104 valence electrons. The Bertz CT molecular complexity index is 643. The molecule has 20 heavy (non-hydrogen) atoms. The number of ether oxygens (including phenoxy) is 1. The number of anilines is 1. The lowest BCUT2D eigenvalue weighted by Gasteiger charge is -2.09. The van der Waals surface area contributed by atoms with Crippen molar-refractivity contribution in [3.63, 3.8) is 0 Å². The lowest BCUT2D eigenvalue weighted by molar-refractivity contribution is 0.0470. The van der Waals surface area contributed by atoms with Crippen LogP contribution in [0.3, 0.4) is 0 Å². The first-order valence-corrected chi connectivity index (χ1v) is 6.81. The zero-order valence-electron chi connectivity index (χ0n) is 10.2. The quantitative estimate of drug-likeness (QED) is 0.661. The molecule has 0 atom stereocenters. The lowest BCUT2D eigenvalue weighted by atomic mass is 10.2. The summed E-state index contributed by atoms with van der Waals surface area (Å²) in [5.41, 5.74) is 6.26. The molecule has 6 heteroatoms. The van der Waals surface area contributed by atoms with Crippen LogP contribution in [-0.4, -0.2) is 5.97 Å². The van der Waals surface area contributed by atoms with Gasteiger partial charge >= 0.3 is 5.97 Å². The van der Waals surface area contributed by atoms with Crippen LogP contribution in [0.5, 0.6) is 0 Å². The number of benzene rings is 2. The zero-order chi connectivity index (χ0) is 14.7. The van der Waals surface area contributed by atoms with Crippen LogP contribution in [0.25, 0.3) is 0 Å². The Hall–Kier alpha value is -1.59. The van der Waals surface area contributed by atoms with Crippen molar-refractivity contribution in [2.75, 3.05) is 5.73 Å². The monoisotopic (exact) mass is 357 g/mol. The molecule has 0 radical (unpaired) electrons. The minimum atomic E-state index is -0.685. The second-order valence-corrected chi connectivity index (χ2v) is 5.34. The summed E-state index contributed by atoms with van der Waals surface area (Å²) in [6.07, 6.45) is 0. The van der Waals surface area contributed by atoms with Gasteiger partial charge in [0.05, 0.1) is 5.02 Å². The molecule has 0 aromatic heterocycles. The number of rotatable bonds is 3. The van der Waals surface area contributed by atoms with Crippen LogP contribution in [0.15, 0.2) is 40.9 Å². The summed E-state index contributed by atoms with van der Waals surface area (Å²) in [6.45, 7) is -0.192. The van der Waals surface area contributed by atoms with E-state index in [2.05, 4.69) is 15.9 Å². The molecule has 2 rings (SSSR count). The zero-order valence-corrected chi connectivity index (χ0v) is 12.5. The van der Waals surface area contributed by atoms with Crippen LogP contribution in [0.4, 0.5) is 10.1 Å². The molecule has 0 aliphatic carbocycles. The van der Waals surface area contributed by atoms with E-state index in [1.807, 2.05) is 0 Å². The summed E-state index contributed by atoms with van der Waals surface area (Å²) in [4.78, 5) is 11.9. The number of esters is 1. The van der Waals surface area contributed by atoms with Crippen LogP contribution >= 0.6 is 27.5 Å². The van der Waals surface area contributed by atoms with Crippen molar-refractivity contribution in [1.82, 2.24) is 0 Å². The summed E-state index contributed by atoms with van der Waals surface area (Å²) < 4.78 is 19.2. The minimum Gasteiger partial charge on any atom is -0.457 e. The predicted molar refractivity (Wildman–Crippen MR) is 79.1 cm³/mol. The smallest absolute Gasteiger partial charge is 0.342 e. The van der Waals surface area contributed by atoms with Crippen LogP contribution < -0.4 is 5.73 Å². The minimum absolute atomic E-state index is 0.0895. The number of halogens is 3. The number of nitrogens with two attached hydrogens (primary N) is 1. The summed E-state index contributed by atoms with van der Waals surface area (Å²) in [5.74, 6) is -1.14. The van der Waals surface area contributed by atoms with E-state index in [0.717, 1.165) is 0 Å². The first-order chi connectivity index (χ1) is 9.49. The topological polar surface area (TPSA) is 52.3 Å². The highest BCUT2D eigenvalue weighted by molar-refractivity contribution is 9.10. The lowest BCUT2D eigenvalue weighted by Crippen LogP contribution is -2.09. The average Bonchev–Trinajstić information content (AvgIpc) is 2.37. The van der Waals surface area contributed by atoms with E-state index in [1.54, 1.807) is 18.2 Å². The van der Waals surface area contributed by atoms with Crippen molar-refractivity contribution in [3.8, 4) is 0 Å². The van der Waals surface area contributed by atoms with Gasteiger partial charge in [-0.05, 0) is 24.3 Å². The van der Waals surface area contributed by atoms with Crippen LogP contribution in [-0.2, 0) is 11.3 Å². The largest absolute Gasteiger partial charge is 0.457 e. The number of hydrogen-bond acceptors (Lipinski definition) is 3. The fraction of sp³-hybridized carbons (Fsp3) is 0.0714. The number of carbonyl (C=O) groups excluding carboxylic acids is 1. The Morgan fingerprint density at radius 2 is 2.10 bits per heavy atom. The molecule has 0 spiro atoms. The van der Waals surface area contributed by atoms with Gasteiger partial charge in [0, 0.05) is 15.7 Å². The van der Waals surface area contributed by atoms with Gasteiger partial charge in [-0.2, -0.15) is 0 Å². The van der Waals surface area contributed by atoms with E-state index in [1.165, 1.54) is 18.2 Å². The maximum Gasteiger partial charge on any atom is 0.342 e. The van der Waals surface area contributed by atoms with Crippen LogP contribution in [0.2, 0.25) is 5.02 Å². The Kier molecular flexibility index (Phi) is 4.62. The van der Waals surface area contributed by atoms with E-state index < -0.39 is 11.8 Å². The van der Waals surface area contributed by atoms with Crippen molar-refractivity contribution < 1.29 is 13.9 Å². The predicted octanol–water partition coefficient (Wildman–Crippen LogP) is 4.18. The Balaban J connectivity index is 2.13. The fourth-order valence-electron chi connectivity index (χ4n) is 1.61. The molecule has 0 amide bonds. The number of hydrogen-bond donors (Lipinski definition) is 1. The van der Waals surface area contributed by atoms with Crippen LogP contribution in [0, 0.1) is 5.82 Å². The molecular weight excluding hydrogens is 349 g/mol. The molecule has 2 N–H and O–H groups in total. The number of nitrogen functional groups attached to an aromatic ring is 1. The van der Waals surface area contributed by atoms with Gasteiger partial charge in [0.15, 0.2) is 0 Å². The maximum absolute atomic E-state index is 13.6. The van der Waals surface area contributed by atoms with Gasteiger partial charge in [0.25, 0.3) is 0 Å². The summed E-state index contributed by atoms with van der Waals surface area (Å²) in [6, 6.07) is 9.20. The SMILES string of the molecule is Nc1cccc(Cl)c1C(=O)OCc1ccc(Br)cc1F. The van der Waals surface area contributed by atoms with E-state index >= 15 is 0 Å². The van der Waals surface area contributed by atoms with Gasteiger partial charge < -0.3 is 10.5 Å². The van der Waals surface area contributed by atoms with E-state index in [0.29, 0.717) is 4.47 Å². The molecule has 0 heterocycles. The van der Waals surface area contributed by atoms with Gasteiger partial charge in [-0.1, -0.05) is 39.7 Å². The first-order valence-electron chi connectivity index (χ1n) is 5.64. The molecule has 0 saturated carbocycles. The van der Waals surface area contributed by atoms with Gasteiger partial charge in [-0.25, -0.2) is 9.18 Å². The average molecular weight is 359 g/mol. The van der Waals surface area contributed by atoms with Crippen molar-refractivity contribution >= 4 is 39.2 Å². The Morgan fingerprint density at radius 1 is 1.35 bits per heavy atom. The molecule has 0 fully saturated rings. The van der Waals surface area contributed by atoms with Crippen molar-refractivity contribution in [3.05, 3.63) is 62.8 Å². The summed E-state index contributed by atoms with van der Waals surface area (Å²) in [5, 5.41) is 0.200. The molecule has 0 bridgehead atoms. The third kappa shape index (κ3) is 3.29. The van der Waals surface area contributed by atoms with Crippen molar-refractivity contribution in [2.24, 2.45) is 0 Å². The van der Waals surface area contributed by atoms with E-state index in [9.17, 15) is 9.18 Å². The summed E-state index contributed by atoms with van der Waals surface area (Å²) >= 11 is 9.05. The van der Waals surface area contributed by atoms with Crippen molar-refractivity contribution in [1.29, 1.82) is 0 Å². The highest BCUT2D eigenvalue weighted by Gasteiger charge is 2.16. The molecule has 2 aromatic carbocycles. The molecule has 0 saturated heterocycles. The van der Waals surface area contributed by atoms with Crippen LogP contribution in [0.1, 0.15) is 15.9 Å². The normalized spacial score (nSPS) is 10.3. The van der Waals surface area contributed by atoms with E-state index in [-0.39, 0.29) is 28.4 Å². The van der Waals surface area contributed by atoms with Gasteiger partial charge in [-0.3, -0.25) is 0 Å².